The van der Waals surface area contributed by atoms with E-state index in [4.69, 9.17) is 14.7 Å². The molecule has 0 spiro atoms. The fraction of sp³-hybridized carbons (Fsp3) is 0.625. The average Bonchev–Trinajstić information content (AvgIpc) is 2.86. The topological polar surface area (TPSA) is 64.2 Å². The summed E-state index contributed by atoms with van der Waals surface area (Å²) < 4.78 is 13.2. The van der Waals surface area contributed by atoms with E-state index in [1.807, 2.05) is 6.07 Å². The number of nitriles is 1. The van der Waals surface area contributed by atoms with Crippen LogP contribution in [0.5, 0.6) is 0 Å². The molecule has 0 radical (unpaired) electrons. The van der Waals surface area contributed by atoms with Gasteiger partial charge in [-0.05, 0) is 18.9 Å². The summed E-state index contributed by atoms with van der Waals surface area (Å²) in [4.78, 5) is 12.4. The molecular formula is C16H20N2O3. The molecular weight excluding hydrogens is 268 g/mol. The molecule has 5 nitrogen and oxygen atoms in total. The number of aromatic nitrogens is 1. The van der Waals surface area contributed by atoms with Gasteiger partial charge in [-0.2, -0.15) is 5.26 Å². The van der Waals surface area contributed by atoms with Gasteiger partial charge in [0.1, 0.15) is 17.9 Å². The fourth-order valence-corrected chi connectivity index (χ4v) is 3.72. The lowest BCUT2D eigenvalue weighted by atomic mass is 9.57. The number of ether oxygens (including phenoxy) is 2. The molecule has 3 atom stereocenters. The monoisotopic (exact) mass is 288 g/mol. The Hall–Kier alpha value is -1.80. The van der Waals surface area contributed by atoms with Crippen molar-refractivity contribution < 1.29 is 14.3 Å². The van der Waals surface area contributed by atoms with Crippen molar-refractivity contribution in [3.05, 3.63) is 23.5 Å². The van der Waals surface area contributed by atoms with Crippen LogP contribution >= 0.6 is 0 Å². The number of aryl methyl sites for hydroxylation is 1. The normalized spacial score (nSPS) is 29.9. The highest BCUT2D eigenvalue weighted by Gasteiger charge is 2.60. The third-order valence-electron chi connectivity index (χ3n) is 4.80. The van der Waals surface area contributed by atoms with Gasteiger partial charge in [-0.25, -0.2) is 4.79 Å². The van der Waals surface area contributed by atoms with Gasteiger partial charge in [0.05, 0.1) is 11.7 Å². The molecule has 3 rings (SSSR count). The Labute approximate surface area is 124 Å². The predicted molar refractivity (Wildman–Crippen MR) is 75.6 cm³/mol. The number of esters is 1. The molecule has 1 aliphatic heterocycles. The van der Waals surface area contributed by atoms with Crippen molar-refractivity contribution in [2.75, 3.05) is 6.61 Å². The predicted octanol–water partition coefficient (Wildman–Crippen LogP) is 2.26. The minimum Gasteiger partial charge on any atom is -0.457 e. The molecule has 21 heavy (non-hydrogen) atoms. The Kier molecular flexibility index (Phi) is 3.29. The number of hydrogen-bond donors (Lipinski definition) is 0. The number of carbonyl (C=O) groups excluding carboxylic acids is 1. The maximum atomic E-state index is 12.4. The number of fused-ring (bicyclic) bond motifs is 1. The Morgan fingerprint density at radius 3 is 3.00 bits per heavy atom. The minimum absolute atomic E-state index is 0.115. The Bertz CT molecular complexity index is 612. The zero-order valence-electron chi connectivity index (χ0n) is 12.6. The van der Waals surface area contributed by atoms with Crippen molar-refractivity contribution in [3.63, 3.8) is 0 Å². The van der Waals surface area contributed by atoms with Crippen LogP contribution in [0.2, 0.25) is 0 Å². The Morgan fingerprint density at radius 1 is 1.57 bits per heavy atom. The van der Waals surface area contributed by atoms with Gasteiger partial charge in [0, 0.05) is 31.2 Å². The average molecular weight is 288 g/mol. The van der Waals surface area contributed by atoms with Gasteiger partial charge in [-0.1, -0.05) is 13.8 Å². The summed E-state index contributed by atoms with van der Waals surface area (Å²) in [5.74, 6) is -0.0606. The van der Waals surface area contributed by atoms with E-state index < -0.39 is 0 Å². The number of nitrogens with zero attached hydrogens (tertiary/aromatic N) is 2. The third-order valence-corrected chi connectivity index (χ3v) is 4.80. The molecule has 2 aliphatic rings. The van der Waals surface area contributed by atoms with Gasteiger partial charge < -0.3 is 14.0 Å². The third kappa shape index (κ3) is 2.14. The molecule has 1 saturated carbocycles. The standard InChI is InChI=1S/C16H20N2O3/c1-16(2)13-11(5-4-6-20-13)14(16)21-15(19)12-7-10(8-17)9-18(12)3/h7,9,11,13-14H,4-6H2,1-3H3/t11-,13-,14-/m1/s1. The van der Waals surface area contributed by atoms with Crippen LogP contribution in [0.25, 0.3) is 0 Å². The Morgan fingerprint density at radius 2 is 2.33 bits per heavy atom. The number of rotatable bonds is 2. The highest BCUT2D eigenvalue weighted by atomic mass is 16.6. The summed E-state index contributed by atoms with van der Waals surface area (Å²) >= 11 is 0. The molecule has 2 fully saturated rings. The molecule has 0 amide bonds. The van der Waals surface area contributed by atoms with E-state index in [1.54, 1.807) is 23.9 Å². The van der Waals surface area contributed by atoms with Crippen molar-refractivity contribution >= 4 is 5.97 Å². The van der Waals surface area contributed by atoms with Crippen LogP contribution in [0.3, 0.4) is 0 Å². The first kappa shape index (κ1) is 14.2. The largest absolute Gasteiger partial charge is 0.457 e. The Balaban J connectivity index is 1.75. The van der Waals surface area contributed by atoms with Crippen LogP contribution in [0.4, 0.5) is 0 Å². The molecule has 2 heterocycles. The van der Waals surface area contributed by atoms with Gasteiger partial charge in [-0.15, -0.1) is 0 Å². The van der Waals surface area contributed by atoms with Crippen LogP contribution in [-0.4, -0.2) is 29.4 Å². The zero-order chi connectivity index (χ0) is 15.2. The molecule has 1 aliphatic carbocycles. The molecule has 5 heteroatoms. The lowest BCUT2D eigenvalue weighted by molar-refractivity contribution is -0.243. The smallest absolute Gasteiger partial charge is 0.355 e. The van der Waals surface area contributed by atoms with Gasteiger partial charge in [0.15, 0.2) is 0 Å². The first-order valence-corrected chi connectivity index (χ1v) is 7.34. The van der Waals surface area contributed by atoms with Gasteiger partial charge in [-0.3, -0.25) is 0 Å². The van der Waals surface area contributed by atoms with E-state index in [0.29, 0.717) is 17.2 Å². The molecule has 112 valence electrons. The second-order valence-electron chi connectivity index (χ2n) is 6.58. The van der Waals surface area contributed by atoms with Crippen molar-refractivity contribution in [2.45, 2.75) is 38.9 Å². The summed E-state index contributed by atoms with van der Waals surface area (Å²) in [6.45, 7) is 4.97. The summed E-state index contributed by atoms with van der Waals surface area (Å²) in [5.41, 5.74) is 0.739. The quantitative estimate of drug-likeness (QED) is 0.783. The van der Waals surface area contributed by atoms with Crippen LogP contribution in [0.15, 0.2) is 12.3 Å². The van der Waals surface area contributed by atoms with Gasteiger partial charge in [0.25, 0.3) is 0 Å². The van der Waals surface area contributed by atoms with E-state index >= 15 is 0 Å². The van der Waals surface area contributed by atoms with Crippen LogP contribution in [-0.2, 0) is 16.5 Å². The molecule has 1 saturated heterocycles. The molecule has 1 aromatic rings. The molecule has 0 N–H and O–H groups in total. The van der Waals surface area contributed by atoms with Crippen LogP contribution < -0.4 is 0 Å². The lowest BCUT2D eigenvalue weighted by Gasteiger charge is -2.58. The highest BCUT2D eigenvalue weighted by molar-refractivity contribution is 5.88. The summed E-state index contributed by atoms with van der Waals surface area (Å²) in [7, 11) is 1.75. The van der Waals surface area contributed by atoms with E-state index in [9.17, 15) is 4.79 Å². The highest BCUT2D eigenvalue weighted by Crippen LogP contribution is 2.53. The summed E-state index contributed by atoms with van der Waals surface area (Å²) in [6, 6.07) is 3.61. The summed E-state index contributed by atoms with van der Waals surface area (Å²) in [5, 5.41) is 8.90. The van der Waals surface area contributed by atoms with Crippen molar-refractivity contribution in [2.24, 2.45) is 18.4 Å². The number of hydrogen-bond acceptors (Lipinski definition) is 4. The zero-order valence-corrected chi connectivity index (χ0v) is 12.6. The van der Waals surface area contributed by atoms with E-state index in [-0.39, 0.29) is 23.6 Å². The van der Waals surface area contributed by atoms with Gasteiger partial charge >= 0.3 is 5.97 Å². The van der Waals surface area contributed by atoms with Crippen molar-refractivity contribution in [3.8, 4) is 6.07 Å². The van der Waals surface area contributed by atoms with E-state index in [1.165, 1.54) is 0 Å². The molecule has 0 aromatic carbocycles. The molecule has 0 unspecified atom stereocenters. The van der Waals surface area contributed by atoms with Crippen molar-refractivity contribution in [1.82, 2.24) is 4.57 Å². The minimum atomic E-state index is -0.360. The van der Waals surface area contributed by atoms with E-state index in [0.717, 1.165) is 19.4 Å². The number of carbonyl (C=O) groups is 1. The SMILES string of the molecule is Cn1cc(C#N)cc1C(=O)O[C@@H]1[C@@H]2CCCO[C@H]2C1(C)C. The first-order chi connectivity index (χ1) is 9.95. The lowest BCUT2D eigenvalue weighted by Crippen LogP contribution is -2.65. The maximum Gasteiger partial charge on any atom is 0.355 e. The van der Waals surface area contributed by atoms with Gasteiger partial charge in [0.2, 0.25) is 0 Å². The summed E-state index contributed by atoms with van der Waals surface area (Å²) in [6.07, 6.45) is 3.77. The van der Waals surface area contributed by atoms with Crippen LogP contribution in [0, 0.1) is 22.7 Å². The van der Waals surface area contributed by atoms with Crippen LogP contribution in [0.1, 0.15) is 42.7 Å². The van der Waals surface area contributed by atoms with E-state index in [2.05, 4.69) is 13.8 Å². The molecule has 1 aromatic heterocycles. The maximum absolute atomic E-state index is 12.4. The first-order valence-electron chi connectivity index (χ1n) is 7.34. The second kappa shape index (κ2) is 4.88. The van der Waals surface area contributed by atoms with Crippen molar-refractivity contribution in [1.29, 1.82) is 5.26 Å². The molecule has 0 bridgehead atoms. The fourth-order valence-electron chi connectivity index (χ4n) is 3.72. The second-order valence-corrected chi connectivity index (χ2v) is 6.58.